The Bertz CT molecular complexity index is 414. The van der Waals surface area contributed by atoms with Crippen molar-refractivity contribution in [2.24, 2.45) is 0 Å². The van der Waals surface area contributed by atoms with Gasteiger partial charge >= 0.3 is 6.03 Å². The third-order valence-corrected chi connectivity index (χ3v) is 3.57. The van der Waals surface area contributed by atoms with Crippen LogP contribution < -0.4 is 10.6 Å². The SMILES string of the molecule is CCC(O)(CC)CNC(=O)NCCc1ccc(C)nc1. The van der Waals surface area contributed by atoms with Crippen molar-refractivity contribution in [3.63, 3.8) is 0 Å². The van der Waals surface area contributed by atoms with Crippen molar-refractivity contribution in [3.8, 4) is 0 Å². The third-order valence-electron chi connectivity index (χ3n) is 3.57. The number of urea groups is 1. The van der Waals surface area contributed by atoms with Crippen LogP contribution in [0, 0.1) is 6.92 Å². The van der Waals surface area contributed by atoms with E-state index >= 15 is 0 Å². The average molecular weight is 279 g/mol. The van der Waals surface area contributed by atoms with E-state index in [0.29, 0.717) is 19.4 Å². The predicted octanol–water partition coefficient (Wildman–Crippen LogP) is 1.78. The second-order valence-corrected chi connectivity index (χ2v) is 5.10. The van der Waals surface area contributed by atoms with E-state index in [9.17, 15) is 9.90 Å². The van der Waals surface area contributed by atoms with E-state index in [0.717, 1.165) is 17.7 Å². The molecule has 0 unspecified atom stereocenters. The third kappa shape index (κ3) is 5.57. The van der Waals surface area contributed by atoms with Crippen molar-refractivity contribution in [1.29, 1.82) is 0 Å². The quantitative estimate of drug-likeness (QED) is 0.712. The van der Waals surface area contributed by atoms with Crippen LogP contribution in [0.2, 0.25) is 0 Å². The minimum Gasteiger partial charge on any atom is -0.388 e. The molecule has 0 bridgehead atoms. The van der Waals surface area contributed by atoms with Gasteiger partial charge in [-0.1, -0.05) is 19.9 Å². The zero-order valence-electron chi connectivity index (χ0n) is 12.6. The summed E-state index contributed by atoms with van der Waals surface area (Å²) in [6, 6.07) is 3.72. The predicted molar refractivity (Wildman–Crippen MR) is 79.6 cm³/mol. The lowest BCUT2D eigenvalue weighted by Crippen LogP contribution is -2.46. The average Bonchev–Trinajstić information content (AvgIpc) is 2.47. The zero-order valence-corrected chi connectivity index (χ0v) is 12.6. The van der Waals surface area contributed by atoms with Crippen LogP contribution in [0.25, 0.3) is 0 Å². The van der Waals surface area contributed by atoms with E-state index in [1.54, 1.807) is 0 Å². The van der Waals surface area contributed by atoms with Crippen LogP contribution >= 0.6 is 0 Å². The molecule has 0 saturated heterocycles. The lowest BCUT2D eigenvalue weighted by Gasteiger charge is -2.25. The Morgan fingerprint density at radius 1 is 1.30 bits per heavy atom. The maximum atomic E-state index is 11.6. The molecule has 2 amide bonds. The summed E-state index contributed by atoms with van der Waals surface area (Å²) in [5.41, 5.74) is 1.27. The maximum Gasteiger partial charge on any atom is 0.314 e. The first-order chi connectivity index (χ1) is 9.49. The molecule has 1 heterocycles. The van der Waals surface area contributed by atoms with Crippen molar-refractivity contribution in [2.45, 2.75) is 45.6 Å². The lowest BCUT2D eigenvalue weighted by atomic mass is 9.98. The zero-order chi connectivity index (χ0) is 15.0. The molecule has 1 rings (SSSR count). The number of aromatic nitrogens is 1. The number of pyridine rings is 1. The van der Waals surface area contributed by atoms with Gasteiger partial charge in [-0.05, 0) is 37.8 Å². The summed E-state index contributed by atoms with van der Waals surface area (Å²) >= 11 is 0. The van der Waals surface area contributed by atoms with Gasteiger partial charge in [0.05, 0.1) is 5.60 Å². The second kappa shape index (κ2) is 7.85. The summed E-state index contributed by atoms with van der Waals surface area (Å²) in [4.78, 5) is 15.8. The van der Waals surface area contributed by atoms with Crippen molar-refractivity contribution in [3.05, 3.63) is 29.6 Å². The maximum absolute atomic E-state index is 11.6. The van der Waals surface area contributed by atoms with E-state index in [2.05, 4.69) is 15.6 Å². The summed E-state index contributed by atoms with van der Waals surface area (Å²) in [5.74, 6) is 0. The monoisotopic (exact) mass is 279 g/mol. The van der Waals surface area contributed by atoms with Gasteiger partial charge in [-0.2, -0.15) is 0 Å². The van der Waals surface area contributed by atoms with Crippen LogP contribution in [-0.4, -0.2) is 34.8 Å². The van der Waals surface area contributed by atoms with Gasteiger partial charge in [-0.25, -0.2) is 4.79 Å². The number of carbonyl (C=O) groups is 1. The van der Waals surface area contributed by atoms with Gasteiger partial charge in [0.15, 0.2) is 0 Å². The number of nitrogens with one attached hydrogen (secondary N) is 2. The van der Waals surface area contributed by atoms with Gasteiger partial charge in [-0.3, -0.25) is 4.98 Å². The molecule has 3 N–H and O–H groups in total. The summed E-state index contributed by atoms with van der Waals surface area (Å²) in [6.45, 7) is 6.59. The van der Waals surface area contributed by atoms with E-state index < -0.39 is 5.60 Å². The van der Waals surface area contributed by atoms with E-state index in [1.165, 1.54) is 0 Å². The molecule has 5 heteroatoms. The van der Waals surface area contributed by atoms with Crippen molar-refractivity contribution in [2.75, 3.05) is 13.1 Å². The topological polar surface area (TPSA) is 74.2 Å². The summed E-state index contributed by atoms with van der Waals surface area (Å²) in [7, 11) is 0. The molecule has 0 aliphatic carbocycles. The fraction of sp³-hybridized carbons (Fsp3) is 0.600. The first kappa shape index (κ1) is 16.4. The van der Waals surface area contributed by atoms with Gasteiger partial charge in [0, 0.05) is 25.0 Å². The number of carbonyl (C=O) groups excluding carboxylic acids is 1. The highest BCUT2D eigenvalue weighted by Gasteiger charge is 2.22. The summed E-state index contributed by atoms with van der Waals surface area (Å²) in [5, 5.41) is 15.5. The molecule has 20 heavy (non-hydrogen) atoms. The van der Waals surface area contributed by atoms with Crippen LogP contribution in [0.1, 0.15) is 37.9 Å². The number of amides is 2. The molecular formula is C15H25N3O2. The fourth-order valence-corrected chi connectivity index (χ4v) is 1.77. The van der Waals surface area contributed by atoms with E-state index in [4.69, 9.17) is 0 Å². The molecule has 0 aromatic carbocycles. The molecule has 0 radical (unpaired) electrons. The summed E-state index contributed by atoms with van der Waals surface area (Å²) < 4.78 is 0. The molecule has 0 fully saturated rings. The second-order valence-electron chi connectivity index (χ2n) is 5.10. The molecular weight excluding hydrogens is 254 g/mol. The first-order valence-electron chi connectivity index (χ1n) is 7.14. The Morgan fingerprint density at radius 3 is 2.55 bits per heavy atom. The minimum absolute atomic E-state index is 0.245. The molecule has 0 spiro atoms. The number of hydrogen-bond acceptors (Lipinski definition) is 3. The molecule has 0 aliphatic rings. The smallest absolute Gasteiger partial charge is 0.314 e. The van der Waals surface area contributed by atoms with Crippen LogP contribution in [-0.2, 0) is 6.42 Å². The highest BCUT2D eigenvalue weighted by Crippen LogP contribution is 2.12. The molecule has 1 aromatic rings. The highest BCUT2D eigenvalue weighted by atomic mass is 16.3. The normalized spacial score (nSPS) is 11.2. The fourth-order valence-electron chi connectivity index (χ4n) is 1.77. The lowest BCUT2D eigenvalue weighted by molar-refractivity contribution is 0.0349. The minimum atomic E-state index is -0.807. The Hall–Kier alpha value is -1.62. The van der Waals surface area contributed by atoms with Gasteiger partial charge in [0.1, 0.15) is 0 Å². The van der Waals surface area contributed by atoms with Crippen LogP contribution in [0.5, 0.6) is 0 Å². The van der Waals surface area contributed by atoms with Crippen LogP contribution in [0.3, 0.4) is 0 Å². The number of nitrogens with zero attached hydrogens (tertiary/aromatic N) is 1. The molecule has 0 atom stereocenters. The number of aliphatic hydroxyl groups is 1. The van der Waals surface area contributed by atoms with Crippen LogP contribution in [0.15, 0.2) is 18.3 Å². The Morgan fingerprint density at radius 2 is 2.00 bits per heavy atom. The number of aryl methyl sites for hydroxylation is 1. The molecule has 112 valence electrons. The standard InChI is InChI=1S/C15H25N3O2/c1-4-15(20,5-2)11-18-14(19)16-9-8-13-7-6-12(3)17-10-13/h6-7,10,20H,4-5,8-9,11H2,1-3H3,(H2,16,18,19). The molecule has 1 aromatic heterocycles. The number of hydrogen-bond donors (Lipinski definition) is 3. The van der Waals surface area contributed by atoms with Gasteiger partial charge in [0.2, 0.25) is 0 Å². The Kier molecular flexibility index (Phi) is 6.45. The van der Waals surface area contributed by atoms with Crippen molar-refractivity contribution >= 4 is 6.03 Å². The largest absolute Gasteiger partial charge is 0.388 e. The summed E-state index contributed by atoms with van der Waals surface area (Å²) in [6.07, 6.45) is 3.81. The first-order valence-corrected chi connectivity index (χ1v) is 7.14. The van der Waals surface area contributed by atoms with E-state index in [-0.39, 0.29) is 12.6 Å². The molecule has 0 aliphatic heterocycles. The Labute approximate surface area is 120 Å². The van der Waals surface area contributed by atoms with E-state index in [1.807, 2.05) is 39.1 Å². The van der Waals surface area contributed by atoms with Crippen LogP contribution in [0.4, 0.5) is 4.79 Å². The van der Waals surface area contributed by atoms with Crippen molar-refractivity contribution < 1.29 is 9.90 Å². The molecule has 0 saturated carbocycles. The van der Waals surface area contributed by atoms with Gasteiger partial charge < -0.3 is 15.7 Å². The Balaban J connectivity index is 2.25. The van der Waals surface area contributed by atoms with Gasteiger partial charge in [-0.15, -0.1) is 0 Å². The van der Waals surface area contributed by atoms with Crippen molar-refractivity contribution in [1.82, 2.24) is 15.6 Å². The highest BCUT2D eigenvalue weighted by molar-refractivity contribution is 5.73. The molecule has 5 nitrogen and oxygen atoms in total. The van der Waals surface area contributed by atoms with Gasteiger partial charge in [0.25, 0.3) is 0 Å². The number of rotatable bonds is 7.